The molecular weight excluding hydrogens is 260 g/mol. The van der Waals surface area contributed by atoms with Crippen molar-refractivity contribution in [2.24, 2.45) is 0 Å². The third-order valence-electron chi connectivity index (χ3n) is 2.03. The third-order valence-corrected chi connectivity index (χ3v) is 3.61. The molecule has 0 amide bonds. The molecule has 1 heterocycles. The highest BCUT2D eigenvalue weighted by Crippen LogP contribution is 2.18. The average Bonchev–Trinajstić information content (AvgIpc) is 2.22. The lowest BCUT2D eigenvalue weighted by Gasteiger charge is -2.12. The second kappa shape index (κ2) is 6.43. The van der Waals surface area contributed by atoms with Crippen molar-refractivity contribution in [3.8, 4) is 0 Å². The minimum Gasteiger partial charge on any atom is -0.316 e. The van der Waals surface area contributed by atoms with E-state index in [2.05, 4.69) is 33.2 Å². The van der Waals surface area contributed by atoms with Crippen molar-refractivity contribution in [1.82, 2.24) is 10.3 Å². The summed E-state index contributed by atoms with van der Waals surface area (Å²) in [6, 6.07) is 4.64. The molecule has 0 aliphatic rings. The fraction of sp³-hybridized carbons (Fsp3) is 0.500. The van der Waals surface area contributed by atoms with Gasteiger partial charge in [0.2, 0.25) is 0 Å². The summed E-state index contributed by atoms with van der Waals surface area (Å²) >= 11 is 5.16. The highest BCUT2D eigenvalue weighted by atomic mass is 79.9. The largest absolute Gasteiger partial charge is 0.316 e. The Hall–Kier alpha value is -0.0600. The molecule has 0 saturated heterocycles. The van der Waals surface area contributed by atoms with Gasteiger partial charge in [-0.1, -0.05) is 6.92 Å². The van der Waals surface area contributed by atoms with Gasteiger partial charge in [0, 0.05) is 22.5 Å². The number of thioether (sulfide) groups is 1. The van der Waals surface area contributed by atoms with Gasteiger partial charge in [0.05, 0.1) is 5.03 Å². The lowest BCUT2D eigenvalue weighted by atomic mass is 10.3. The molecule has 0 aliphatic heterocycles. The first-order valence-corrected chi connectivity index (χ1v) is 6.45. The molecule has 0 spiro atoms. The van der Waals surface area contributed by atoms with Crippen LogP contribution in [0.2, 0.25) is 0 Å². The van der Waals surface area contributed by atoms with Crippen molar-refractivity contribution in [2.75, 3.05) is 12.8 Å². The number of rotatable bonds is 5. The lowest BCUT2D eigenvalue weighted by molar-refractivity contribution is 0.601. The Balaban J connectivity index is 2.41. The molecule has 0 aliphatic carbocycles. The highest BCUT2D eigenvalue weighted by Gasteiger charge is 2.03. The normalized spacial score (nSPS) is 12.8. The number of aromatic nitrogens is 1. The Bertz CT molecular complexity index is 259. The summed E-state index contributed by atoms with van der Waals surface area (Å²) in [6.07, 6.45) is 2.99. The maximum atomic E-state index is 4.31. The number of pyridine rings is 1. The average molecular weight is 275 g/mol. The molecule has 0 fully saturated rings. The molecule has 78 valence electrons. The standard InChI is InChI=1S/C10H15BrN2S/c1-3-9(12-2)7-14-10-5-4-8(11)6-13-10/h4-6,9,12H,3,7H2,1-2H3. The fourth-order valence-corrected chi connectivity index (χ4v) is 2.34. The van der Waals surface area contributed by atoms with Crippen molar-refractivity contribution >= 4 is 27.7 Å². The summed E-state index contributed by atoms with van der Waals surface area (Å²) in [5.74, 6) is 1.07. The number of nitrogens with zero attached hydrogens (tertiary/aromatic N) is 1. The highest BCUT2D eigenvalue weighted by molar-refractivity contribution is 9.10. The van der Waals surface area contributed by atoms with E-state index in [9.17, 15) is 0 Å². The summed E-state index contributed by atoms with van der Waals surface area (Å²) in [5.41, 5.74) is 0. The number of halogens is 1. The first kappa shape index (κ1) is 12.0. The van der Waals surface area contributed by atoms with E-state index in [0.717, 1.165) is 21.7 Å². The van der Waals surface area contributed by atoms with Gasteiger partial charge in [-0.25, -0.2) is 4.98 Å². The van der Waals surface area contributed by atoms with E-state index >= 15 is 0 Å². The predicted molar refractivity (Wildman–Crippen MR) is 65.8 cm³/mol. The Labute approximate surface area is 98.0 Å². The van der Waals surface area contributed by atoms with E-state index in [-0.39, 0.29) is 0 Å². The van der Waals surface area contributed by atoms with Crippen molar-refractivity contribution < 1.29 is 0 Å². The monoisotopic (exact) mass is 274 g/mol. The molecule has 4 heteroatoms. The van der Waals surface area contributed by atoms with Gasteiger partial charge in [-0.3, -0.25) is 0 Å². The van der Waals surface area contributed by atoms with E-state index in [0.29, 0.717) is 6.04 Å². The molecule has 1 unspecified atom stereocenters. The molecule has 0 bridgehead atoms. The number of hydrogen-bond acceptors (Lipinski definition) is 3. The van der Waals surface area contributed by atoms with Gasteiger partial charge in [0.25, 0.3) is 0 Å². The number of hydrogen-bond donors (Lipinski definition) is 1. The van der Waals surface area contributed by atoms with E-state index in [4.69, 9.17) is 0 Å². The lowest BCUT2D eigenvalue weighted by Crippen LogP contribution is -2.26. The van der Waals surface area contributed by atoms with Crippen molar-refractivity contribution in [3.05, 3.63) is 22.8 Å². The Morgan fingerprint density at radius 3 is 2.86 bits per heavy atom. The molecule has 2 nitrogen and oxygen atoms in total. The van der Waals surface area contributed by atoms with Gasteiger partial charge in [-0.2, -0.15) is 0 Å². The van der Waals surface area contributed by atoms with Gasteiger partial charge in [-0.05, 0) is 41.5 Å². The Morgan fingerprint density at radius 2 is 2.36 bits per heavy atom. The van der Waals surface area contributed by atoms with E-state index in [1.165, 1.54) is 0 Å². The van der Waals surface area contributed by atoms with Gasteiger partial charge in [-0.15, -0.1) is 11.8 Å². The van der Waals surface area contributed by atoms with Crippen LogP contribution in [0.1, 0.15) is 13.3 Å². The van der Waals surface area contributed by atoms with Crippen LogP contribution in [0.3, 0.4) is 0 Å². The SMILES string of the molecule is CCC(CSc1ccc(Br)cn1)NC. The molecule has 14 heavy (non-hydrogen) atoms. The van der Waals surface area contributed by atoms with Crippen LogP contribution in [0.25, 0.3) is 0 Å². The van der Waals surface area contributed by atoms with Gasteiger partial charge >= 0.3 is 0 Å². The Morgan fingerprint density at radius 1 is 1.57 bits per heavy atom. The summed E-state index contributed by atoms with van der Waals surface area (Å²) in [6.45, 7) is 2.19. The first-order chi connectivity index (χ1) is 6.76. The quantitative estimate of drug-likeness (QED) is 0.836. The van der Waals surface area contributed by atoms with Crippen LogP contribution < -0.4 is 5.32 Å². The van der Waals surface area contributed by atoms with Gasteiger partial charge in [0.15, 0.2) is 0 Å². The van der Waals surface area contributed by atoms with Crippen LogP contribution >= 0.6 is 27.7 Å². The third kappa shape index (κ3) is 3.98. The minimum atomic E-state index is 0.574. The summed E-state index contributed by atoms with van der Waals surface area (Å²) in [7, 11) is 2.00. The fourth-order valence-electron chi connectivity index (χ4n) is 1.04. The zero-order chi connectivity index (χ0) is 10.4. The van der Waals surface area contributed by atoms with Crippen molar-refractivity contribution in [1.29, 1.82) is 0 Å². The topological polar surface area (TPSA) is 24.9 Å². The zero-order valence-corrected chi connectivity index (χ0v) is 10.9. The smallest absolute Gasteiger partial charge is 0.0961 e. The second-order valence-corrected chi connectivity index (χ2v) is 4.98. The van der Waals surface area contributed by atoms with Crippen LogP contribution in [0.15, 0.2) is 27.8 Å². The maximum absolute atomic E-state index is 4.31. The summed E-state index contributed by atoms with van der Waals surface area (Å²) < 4.78 is 1.03. The molecule has 1 aromatic rings. The van der Waals surface area contributed by atoms with Crippen LogP contribution in [0.5, 0.6) is 0 Å². The molecule has 1 atom stereocenters. The van der Waals surface area contributed by atoms with Crippen molar-refractivity contribution in [3.63, 3.8) is 0 Å². The summed E-state index contributed by atoms with van der Waals surface area (Å²) in [4.78, 5) is 4.31. The van der Waals surface area contributed by atoms with Crippen molar-refractivity contribution in [2.45, 2.75) is 24.4 Å². The molecule has 1 N–H and O–H groups in total. The van der Waals surface area contributed by atoms with E-state index in [1.807, 2.05) is 25.4 Å². The molecule has 1 rings (SSSR count). The molecule has 0 radical (unpaired) electrons. The second-order valence-electron chi connectivity index (χ2n) is 3.02. The molecule has 0 aromatic carbocycles. The van der Waals surface area contributed by atoms with Crippen LogP contribution in [-0.2, 0) is 0 Å². The van der Waals surface area contributed by atoms with Gasteiger partial charge in [0.1, 0.15) is 0 Å². The molecule has 1 aromatic heterocycles. The predicted octanol–water partition coefficient (Wildman–Crippen LogP) is 2.93. The van der Waals surface area contributed by atoms with Crippen LogP contribution in [-0.4, -0.2) is 23.8 Å². The van der Waals surface area contributed by atoms with Crippen LogP contribution in [0, 0.1) is 0 Å². The molecule has 0 saturated carbocycles. The van der Waals surface area contributed by atoms with E-state index in [1.54, 1.807) is 11.8 Å². The maximum Gasteiger partial charge on any atom is 0.0961 e. The molecular formula is C10H15BrN2S. The minimum absolute atomic E-state index is 0.574. The summed E-state index contributed by atoms with van der Waals surface area (Å²) in [5, 5.41) is 4.36. The number of nitrogens with one attached hydrogen (secondary N) is 1. The Kier molecular flexibility index (Phi) is 5.52. The van der Waals surface area contributed by atoms with Crippen LogP contribution in [0.4, 0.5) is 0 Å². The van der Waals surface area contributed by atoms with E-state index < -0.39 is 0 Å². The zero-order valence-electron chi connectivity index (χ0n) is 8.46. The van der Waals surface area contributed by atoms with Gasteiger partial charge < -0.3 is 5.32 Å². The first-order valence-electron chi connectivity index (χ1n) is 4.68.